The Morgan fingerprint density at radius 2 is 2.00 bits per heavy atom. The summed E-state index contributed by atoms with van der Waals surface area (Å²) >= 11 is 0. The molecule has 1 aliphatic rings. The van der Waals surface area contributed by atoms with Crippen LogP contribution in [-0.4, -0.2) is 16.6 Å². The Hall–Kier alpha value is -1.35. The van der Waals surface area contributed by atoms with Crippen molar-refractivity contribution in [3.63, 3.8) is 0 Å². The lowest BCUT2D eigenvalue weighted by molar-refractivity contribution is 0.00972. The second kappa shape index (κ2) is 3.59. The number of carbonyl (C=O) groups excluding carboxylic acids is 1. The lowest BCUT2D eigenvalue weighted by Gasteiger charge is -2.31. The van der Waals surface area contributed by atoms with Crippen LogP contribution in [0.3, 0.4) is 0 Å². The SMILES string of the molecule is C[C@H]([C@H]1NC(=O)c2ccccc21)C(C)(C)O. The maximum absolute atomic E-state index is 11.7. The molecule has 0 radical (unpaired) electrons. The third-order valence-electron chi connectivity index (χ3n) is 3.44. The molecule has 0 spiro atoms. The minimum absolute atomic E-state index is 0.0277. The Bertz CT molecular complexity index is 420. The normalized spacial score (nSPS) is 21.5. The van der Waals surface area contributed by atoms with Crippen molar-refractivity contribution < 1.29 is 9.90 Å². The first kappa shape index (κ1) is 11.1. The number of rotatable bonds is 2. The Balaban J connectivity index is 2.38. The summed E-state index contributed by atoms with van der Waals surface area (Å²) in [6.07, 6.45) is 0. The van der Waals surface area contributed by atoms with Crippen molar-refractivity contribution in [2.45, 2.75) is 32.4 Å². The largest absolute Gasteiger partial charge is 0.390 e. The van der Waals surface area contributed by atoms with Crippen molar-refractivity contribution in [2.75, 3.05) is 0 Å². The van der Waals surface area contributed by atoms with Gasteiger partial charge in [-0.15, -0.1) is 0 Å². The van der Waals surface area contributed by atoms with E-state index in [9.17, 15) is 9.90 Å². The van der Waals surface area contributed by atoms with E-state index in [4.69, 9.17) is 0 Å². The first-order chi connectivity index (χ1) is 7.41. The van der Waals surface area contributed by atoms with E-state index in [1.807, 2.05) is 31.2 Å². The second-order valence-electron chi connectivity index (χ2n) is 4.98. The molecule has 2 atom stereocenters. The van der Waals surface area contributed by atoms with Gasteiger partial charge in [0, 0.05) is 11.5 Å². The van der Waals surface area contributed by atoms with Crippen LogP contribution in [0.1, 0.15) is 42.7 Å². The minimum atomic E-state index is -0.810. The van der Waals surface area contributed by atoms with Crippen LogP contribution in [0.5, 0.6) is 0 Å². The molecule has 1 aromatic rings. The summed E-state index contributed by atoms with van der Waals surface area (Å²) in [6.45, 7) is 5.49. The van der Waals surface area contributed by atoms with Gasteiger partial charge in [0.25, 0.3) is 5.91 Å². The molecule has 0 saturated heterocycles. The number of hydrogen-bond acceptors (Lipinski definition) is 2. The van der Waals surface area contributed by atoms with Crippen molar-refractivity contribution in [1.82, 2.24) is 5.32 Å². The predicted molar refractivity (Wildman–Crippen MR) is 62.1 cm³/mol. The molecule has 2 rings (SSSR count). The lowest BCUT2D eigenvalue weighted by atomic mass is 9.83. The van der Waals surface area contributed by atoms with E-state index >= 15 is 0 Å². The van der Waals surface area contributed by atoms with Gasteiger partial charge in [0.1, 0.15) is 0 Å². The number of fused-ring (bicyclic) bond motifs is 1. The summed E-state index contributed by atoms with van der Waals surface area (Å²) in [5.41, 5.74) is 0.904. The van der Waals surface area contributed by atoms with E-state index in [-0.39, 0.29) is 17.9 Å². The number of aliphatic hydroxyl groups is 1. The molecule has 1 aromatic carbocycles. The average molecular weight is 219 g/mol. The predicted octanol–water partition coefficient (Wildman–Crippen LogP) is 1.88. The van der Waals surface area contributed by atoms with Gasteiger partial charge in [-0.05, 0) is 25.5 Å². The van der Waals surface area contributed by atoms with Gasteiger partial charge < -0.3 is 10.4 Å². The van der Waals surface area contributed by atoms with Crippen LogP contribution in [0.25, 0.3) is 0 Å². The van der Waals surface area contributed by atoms with E-state index in [1.165, 1.54) is 0 Å². The zero-order valence-electron chi connectivity index (χ0n) is 9.82. The van der Waals surface area contributed by atoms with Crippen molar-refractivity contribution in [3.8, 4) is 0 Å². The molecule has 0 unspecified atom stereocenters. The fourth-order valence-corrected chi connectivity index (χ4v) is 2.07. The molecule has 2 N–H and O–H groups in total. The monoisotopic (exact) mass is 219 g/mol. The number of nitrogens with one attached hydrogen (secondary N) is 1. The zero-order valence-corrected chi connectivity index (χ0v) is 9.82. The van der Waals surface area contributed by atoms with Crippen molar-refractivity contribution >= 4 is 5.91 Å². The van der Waals surface area contributed by atoms with Crippen molar-refractivity contribution in [3.05, 3.63) is 35.4 Å². The Morgan fingerprint density at radius 3 is 2.62 bits per heavy atom. The number of carbonyl (C=O) groups is 1. The Kier molecular flexibility index (Phi) is 2.50. The average Bonchev–Trinajstić information content (AvgIpc) is 2.55. The van der Waals surface area contributed by atoms with Gasteiger partial charge in [-0.25, -0.2) is 0 Å². The molecule has 0 aromatic heterocycles. The fraction of sp³-hybridized carbons (Fsp3) is 0.462. The second-order valence-corrected chi connectivity index (χ2v) is 4.98. The van der Waals surface area contributed by atoms with Gasteiger partial charge in [0.2, 0.25) is 0 Å². The summed E-state index contributed by atoms with van der Waals surface area (Å²) < 4.78 is 0. The van der Waals surface area contributed by atoms with Gasteiger partial charge >= 0.3 is 0 Å². The molecule has 3 nitrogen and oxygen atoms in total. The van der Waals surface area contributed by atoms with Gasteiger partial charge in [0.15, 0.2) is 0 Å². The third-order valence-corrected chi connectivity index (χ3v) is 3.44. The van der Waals surface area contributed by atoms with Crippen molar-refractivity contribution in [1.29, 1.82) is 0 Å². The van der Waals surface area contributed by atoms with Crippen LogP contribution < -0.4 is 5.32 Å². The number of hydrogen-bond donors (Lipinski definition) is 2. The molecular formula is C13H17NO2. The quantitative estimate of drug-likeness (QED) is 0.798. The fourth-order valence-electron chi connectivity index (χ4n) is 2.07. The Labute approximate surface area is 95.5 Å². The summed E-state index contributed by atoms with van der Waals surface area (Å²) in [5, 5.41) is 12.9. The standard InChI is InChI=1S/C13H17NO2/c1-8(13(2,3)16)11-9-6-4-5-7-10(9)12(15)14-11/h4-8,11,16H,1-3H3,(H,14,15)/t8-,11-/m1/s1. The Morgan fingerprint density at radius 1 is 1.38 bits per heavy atom. The summed E-state index contributed by atoms with van der Waals surface area (Å²) in [7, 11) is 0. The molecule has 1 heterocycles. The number of benzene rings is 1. The van der Waals surface area contributed by atoms with Gasteiger partial charge in [-0.1, -0.05) is 25.1 Å². The highest BCUT2D eigenvalue weighted by Crippen LogP contribution is 2.35. The van der Waals surface area contributed by atoms with Gasteiger partial charge in [0.05, 0.1) is 11.6 Å². The van der Waals surface area contributed by atoms with Crippen LogP contribution in [0.15, 0.2) is 24.3 Å². The molecule has 0 saturated carbocycles. The van der Waals surface area contributed by atoms with Gasteiger partial charge in [-0.2, -0.15) is 0 Å². The molecule has 0 aliphatic carbocycles. The maximum Gasteiger partial charge on any atom is 0.252 e. The minimum Gasteiger partial charge on any atom is -0.390 e. The first-order valence-corrected chi connectivity index (χ1v) is 5.53. The summed E-state index contributed by atoms with van der Waals surface area (Å²) in [5.74, 6) is -0.0724. The molecule has 86 valence electrons. The van der Waals surface area contributed by atoms with Crippen LogP contribution in [-0.2, 0) is 0 Å². The summed E-state index contributed by atoms with van der Waals surface area (Å²) in [4.78, 5) is 11.7. The molecular weight excluding hydrogens is 202 g/mol. The highest BCUT2D eigenvalue weighted by molar-refractivity contribution is 5.99. The third kappa shape index (κ3) is 1.71. The van der Waals surface area contributed by atoms with E-state index in [0.29, 0.717) is 0 Å². The van der Waals surface area contributed by atoms with Crippen LogP contribution in [0.4, 0.5) is 0 Å². The number of amides is 1. The molecule has 0 bridgehead atoms. The smallest absolute Gasteiger partial charge is 0.252 e. The van der Waals surface area contributed by atoms with Gasteiger partial charge in [-0.3, -0.25) is 4.79 Å². The zero-order chi connectivity index (χ0) is 11.9. The van der Waals surface area contributed by atoms with E-state index in [2.05, 4.69) is 5.32 Å². The summed E-state index contributed by atoms with van der Waals surface area (Å²) in [6, 6.07) is 7.45. The first-order valence-electron chi connectivity index (χ1n) is 5.53. The van der Waals surface area contributed by atoms with Crippen LogP contribution in [0.2, 0.25) is 0 Å². The van der Waals surface area contributed by atoms with Crippen molar-refractivity contribution in [2.24, 2.45) is 5.92 Å². The van der Waals surface area contributed by atoms with Crippen LogP contribution >= 0.6 is 0 Å². The topological polar surface area (TPSA) is 49.3 Å². The molecule has 1 amide bonds. The molecule has 0 fully saturated rings. The molecule has 16 heavy (non-hydrogen) atoms. The molecule has 1 aliphatic heterocycles. The maximum atomic E-state index is 11.7. The highest BCUT2D eigenvalue weighted by atomic mass is 16.3. The highest BCUT2D eigenvalue weighted by Gasteiger charge is 2.37. The van der Waals surface area contributed by atoms with E-state index in [1.54, 1.807) is 13.8 Å². The molecule has 3 heteroatoms. The van der Waals surface area contributed by atoms with Crippen LogP contribution in [0, 0.1) is 5.92 Å². The lowest BCUT2D eigenvalue weighted by Crippen LogP contribution is -2.37. The van der Waals surface area contributed by atoms with E-state index < -0.39 is 5.60 Å². The van der Waals surface area contributed by atoms with E-state index in [0.717, 1.165) is 11.1 Å².